The second-order valence-electron chi connectivity index (χ2n) is 6.78. The summed E-state index contributed by atoms with van der Waals surface area (Å²) >= 11 is 0. The fourth-order valence-electron chi connectivity index (χ4n) is 3.24. The number of carbonyl (C=O) groups excluding carboxylic acids is 2. The number of urea groups is 1. The molecular weight excluding hydrogens is 345 g/mol. The van der Waals surface area contributed by atoms with Gasteiger partial charge >= 0.3 is 6.03 Å². The topological polar surface area (TPSA) is 61.4 Å². The number of para-hydroxylation sites is 1. The molecule has 142 valence electrons. The van der Waals surface area contributed by atoms with Crippen molar-refractivity contribution >= 4 is 17.6 Å². The van der Waals surface area contributed by atoms with Gasteiger partial charge in [-0.1, -0.05) is 18.2 Å². The molecule has 0 saturated carbocycles. The van der Waals surface area contributed by atoms with Crippen molar-refractivity contribution in [3.8, 4) is 0 Å². The molecule has 0 bridgehead atoms. The van der Waals surface area contributed by atoms with E-state index in [0.717, 1.165) is 38.0 Å². The zero-order valence-corrected chi connectivity index (χ0v) is 15.2. The fraction of sp³-hybridized carbons (Fsp3) is 0.333. The van der Waals surface area contributed by atoms with E-state index in [1.54, 1.807) is 0 Å². The first-order valence-corrected chi connectivity index (χ1v) is 9.26. The third kappa shape index (κ3) is 5.54. The van der Waals surface area contributed by atoms with Crippen LogP contribution < -0.4 is 10.6 Å². The predicted molar refractivity (Wildman–Crippen MR) is 103 cm³/mol. The first-order chi connectivity index (χ1) is 13.1. The molecule has 0 aromatic heterocycles. The highest BCUT2D eigenvalue weighted by atomic mass is 19.1. The summed E-state index contributed by atoms with van der Waals surface area (Å²) in [6.07, 6.45) is 2.73. The van der Waals surface area contributed by atoms with Crippen molar-refractivity contribution < 1.29 is 14.0 Å². The van der Waals surface area contributed by atoms with Crippen molar-refractivity contribution in [2.24, 2.45) is 5.92 Å². The molecule has 2 aromatic carbocycles. The lowest BCUT2D eigenvalue weighted by Gasteiger charge is -2.32. The average molecular weight is 369 g/mol. The maximum Gasteiger partial charge on any atom is 0.321 e. The zero-order chi connectivity index (χ0) is 19.1. The second-order valence-corrected chi connectivity index (χ2v) is 6.78. The molecule has 2 N–H and O–H groups in total. The van der Waals surface area contributed by atoms with Gasteiger partial charge in [-0.25, -0.2) is 9.18 Å². The van der Waals surface area contributed by atoms with Crippen LogP contribution in [0.15, 0.2) is 54.6 Å². The molecule has 6 heteroatoms. The van der Waals surface area contributed by atoms with Crippen molar-refractivity contribution in [2.45, 2.75) is 19.3 Å². The summed E-state index contributed by atoms with van der Waals surface area (Å²) in [5, 5.41) is 5.79. The van der Waals surface area contributed by atoms with Gasteiger partial charge in [0.05, 0.1) is 0 Å². The summed E-state index contributed by atoms with van der Waals surface area (Å²) in [5.41, 5.74) is 1.26. The Labute approximate surface area is 158 Å². The highest BCUT2D eigenvalue weighted by Gasteiger charge is 2.22. The number of anilines is 1. The van der Waals surface area contributed by atoms with Crippen LogP contribution in [0, 0.1) is 11.7 Å². The zero-order valence-electron chi connectivity index (χ0n) is 15.2. The first-order valence-electron chi connectivity index (χ1n) is 9.26. The molecule has 27 heavy (non-hydrogen) atoms. The highest BCUT2D eigenvalue weighted by molar-refractivity contribution is 5.94. The maximum absolute atomic E-state index is 12.9. The Morgan fingerprint density at radius 2 is 1.67 bits per heavy atom. The van der Waals surface area contributed by atoms with Gasteiger partial charge in [-0.05, 0) is 61.6 Å². The number of piperidine rings is 1. The molecule has 0 atom stereocenters. The number of nitrogens with zero attached hydrogens (tertiary/aromatic N) is 1. The molecule has 0 spiro atoms. The molecule has 2 aromatic rings. The maximum atomic E-state index is 12.9. The quantitative estimate of drug-likeness (QED) is 0.840. The Morgan fingerprint density at radius 3 is 2.33 bits per heavy atom. The van der Waals surface area contributed by atoms with Gasteiger partial charge in [0, 0.05) is 30.9 Å². The molecule has 3 amide bonds. The first kappa shape index (κ1) is 18.9. The summed E-state index contributed by atoms with van der Waals surface area (Å²) in [7, 11) is 0. The van der Waals surface area contributed by atoms with Gasteiger partial charge in [0.1, 0.15) is 5.82 Å². The van der Waals surface area contributed by atoms with E-state index in [9.17, 15) is 14.0 Å². The molecule has 1 fully saturated rings. The second kappa shape index (κ2) is 9.16. The van der Waals surface area contributed by atoms with Gasteiger partial charge in [-0.2, -0.15) is 0 Å². The van der Waals surface area contributed by atoms with E-state index in [4.69, 9.17) is 0 Å². The van der Waals surface area contributed by atoms with Crippen LogP contribution in [0.25, 0.3) is 0 Å². The Bertz CT molecular complexity index is 757. The van der Waals surface area contributed by atoms with Crippen LogP contribution in [-0.2, 0) is 0 Å². The lowest BCUT2D eigenvalue weighted by molar-refractivity contribution is 0.0949. The molecule has 0 unspecified atom stereocenters. The van der Waals surface area contributed by atoms with Crippen molar-refractivity contribution in [3.05, 3.63) is 66.0 Å². The summed E-state index contributed by atoms with van der Waals surface area (Å²) in [6, 6.07) is 14.9. The summed E-state index contributed by atoms with van der Waals surface area (Å²) in [4.78, 5) is 26.1. The van der Waals surface area contributed by atoms with Crippen LogP contribution in [0.4, 0.5) is 14.9 Å². The molecular formula is C21H24FN3O2. The molecule has 3 rings (SSSR count). The molecule has 5 nitrogen and oxygen atoms in total. The van der Waals surface area contributed by atoms with Crippen molar-refractivity contribution in [1.82, 2.24) is 10.2 Å². The lowest BCUT2D eigenvalue weighted by Crippen LogP contribution is -2.41. The Kier molecular flexibility index (Phi) is 6.41. The molecule has 0 radical (unpaired) electrons. The minimum Gasteiger partial charge on any atom is -0.352 e. The number of nitrogens with one attached hydrogen (secondary N) is 2. The van der Waals surface area contributed by atoms with Crippen LogP contribution >= 0.6 is 0 Å². The number of rotatable bonds is 5. The third-order valence-electron chi connectivity index (χ3n) is 4.87. The van der Waals surface area contributed by atoms with Gasteiger partial charge in [-0.15, -0.1) is 0 Å². The number of likely N-dealkylation sites (tertiary alicyclic amines) is 1. The monoisotopic (exact) mass is 369 g/mol. The number of hydrogen-bond acceptors (Lipinski definition) is 2. The number of amides is 3. The summed E-state index contributed by atoms with van der Waals surface area (Å²) in [6.45, 7) is 2.02. The van der Waals surface area contributed by atoms with Crippen LogP contribution in [0.1, 0.15) is 29.6 Å². The van der Waals surface area contributed by atoms with E-state index in [2.05, 4.69) is 10.6 Å². The van der Waals surface area contributed by atoms with Crippen LogP contribution in [-0.4, -0.2) is 36.5 Å². The SMILES string of the molecule is O=C(NCCC1CCN(C(=O)Nc2ccccc2)CC1)c1ccc(F)cc1. The van der Waals surface area contributed by atoms with E-state index < -0.39 is 0 Å². The smallest absolute Gasteiger partial charge is 0.321 e. The van der Waals surface area contributed by atoms with Crippen molar-refractivity contribution in [3.63, 3.8) is 0 Å². The Morgan fingerprint density at radius 1 is 1.00 bits per heavy atom. The van der Waals surface area contributed by atoms with Crippen molar-refractivity contribution in [1.29, 1.82) is 0 Å². The van der Waals surface area contributed by atoms with E-state index in [-0.39, 0.29) is 17.8 Å². The number of halogens is 1. The normalized spacial score (nSPS) is 14.6. The van der Waals surface area contributed by atoms with E-state index in [1.165, 1.54) is 24.3 Å². The van der Waals surface area contributed by atoms with E-state index >= 15 is 0 Å². The van der Waals surface area contributed by atoms with Crippen LogP contribution in [0.5, 0.6) is 0 Å². The summed E-state index contributed by atoms with van der Waals surface area (Å²) < 4.78 is 12.9. The Hall–Kier alpha value is -2.89. The van der Waals surface area contributed by atoms with Crippen LogP contribution in [0.2, 0.25) is 0 Å². The Balaban J connectivity index is 1.36. The largest absolute Gasteiger partial charge is 0.352 e. The van der Waals surface area contributed by atoms with Gasteiger partial charge < -0.3 is 15.5 Å². The van der Waals surface area contributed by atoms with Gasteiger partial charge in [0.25, 0.3) is 5.91 Å². The van der Waals surface area contributed by atoms with Gasteiger partial charge in [-0.3, -0.25) is 4.79 Å². The molecule has 0 aliphatic carbocycles. The van der Waals surface area contributed by atoms with E-state index in [1.807, 2.05) is 35.2 Å². The molecule has 1 saturated heterocycles. The molecule has 1 aliphatic heterocycles. The minimum absolute atomic E-state index is 0.0655. The number of benzene rings is 2. The lowest BCUT2D eigenvalue weighted by atomic mass is 9.93. The van der Waals surface area contributed by atoms with Crippen molar-refractivity contribution in [2.75, 3.05) is 25.0 Å². The molecule has 1 aliphatic rings. The number of hydrogen-bond donors (Lipinski definition) is 2. The fourth-order valence-corrected chi connectivity index (χ4v) is 3.24. The van der Waals surface area contributed by atoms with Gasteiger partial charge in [0.15, 0.2) is 0 Å². The average Bonchev–Trinajstić information content (AvgIpc) is 2.69. The summed E-state index contributed by atoms with van der Waals surface area (Å²) in [5.74, 6) is -0.0522. The standard InChI is InChI=1S/C21H24FN3O2/c22-18-8-6-17(7-9-18)20(26)23-13-10-16-11-14-25(15-12-16)21(27)24-19-4-2-1-3-5-19/h1-9,16H,10-15H2,(H,23,26)(H,24,27). The highest BCUT2D eigenvalue weighted by Crippen LogP contribution is 2.21. The predicted octanol–water partition coefficient (Wildman–Crippen LogP) is 3.89. The minimum atomic E-state index is -0.352. The third-order valence-corrected chi connectivity index (χ3v) is 4.87. The van der Waals surface area contributed by atoms with Crippen LogP contribution in [0.3, 0.4) is 0 Å². The van der Waals surface area contributed by atoms with E-state index in [0.29, 0.717) is 18.0 Å². The number of carbonyl (C=O) groups is 2. The molecule has 1 heterocycles. The van der Waals surface area contributed by atoms with Gasteiger partial charge in [0.2, 0.25) is 0 Å².